The van der Waals surface area contributed by atoms with Gasteiger partial charge in [-0.25, -0.2) is 4.79 Å². The molecule has 30 heavy (non-hydrogen) atoms. The van der Waals surface area contributed by atoms with Gasteiger partial charge in [0, 0.05) is 12.1 Å². The van der Waals surface area contributed by atoms with Gasteiger partial charge in [0.15, 0.2) is 0 Å². The Balaban J connectivity index is 1.65. The molecule has 0 bridgehead atoms. The molecule has 1 aromatic rings. The first-order valence-electron chi connectivity index (χ1n) is 11.4. The van der Waals surface area contributed by atoms with Gasteiger partial charge < -0.3 is 9.47 Å². The number of hydrogen-bond acceptors (Lipinski definition) is 5. The van der Waals surface area contributed by atoms with E-state index in [0.717, 1.165) is 49.7 Å². The summed E-state index contributed by atoms with van der Waals surface area (Å²) >= 11 is 0. The van der Waals surface area contributed by atoms with Crippen molar-refractivity contribution in [2.75, 3.05) is 7.11 Å². The topological polar surface area (TPSA) is 64.6 Å². The Bertz CT molecular complexity index is 715. The van der Waals surface area contributed by atoms with Crippen LogP contribution in [-0.2, 0) is 19.1 Å². The normalized spacial score (nSPS) is 20.2. The minimum absolute atomic E-state index is 0.0340. The number of hydrogen-bond donors (Lipinski definition) is 1. The molecule has 0 amide bonds. The van der Waals surface area contributed by atoms with E-state index in [4.69, 9.17) is 4.74 Å². The Labute approximate surface area is 180 Å². The fraction of sp³-hybridized carbons (Fsp3) is 0.600. The van der Waals surface area contributed by atoms with Gasteiger partial charge in [0.05, 0.1) is 7.11 Å². The number of carbonyl (C=O) groups is 2. The summed E-state index contributed by atoms with van der Waals surface area (Å²) < 4.78 is 10.5. The Morgan fingerprint density at radius 1 is 1.00 bits per heavy atom. The van der Waals surface area contributed by atoms with Crippen LogP contribution in [0, 0.1) is 5.92 Å². The molecule has 1 unspecified atom stereocenters. The van der Waals surface area contributed by atoms with Gasteiger partial charge in [0.25, 0.3) is 0 Å². The summed E-state index contributed by atoms with van der Waals surface area (Å²) in [5.74, 6) is -0.0964. The quantitative estimate of drug-likeness (QED) is 0.482. The van der Waals surface area contributed by atoms with Crippen LogP contribution in [0.15, 0.2) is 30.3 Å². The lowest BCUT2D eigenvalue weighted by atomic mass is 9.83. The summed E-state index contributed by atoms with van der Waals surface area (Å²) in [5, 5.41) is 3.59. The van der Waals surface area contributed by atoms with Crippen LogP contribution in [0.25, 0.3) is 6.08 Å². The molecule has 2 saturated carbocycles. The van der Waals surface area contributed by atoms with E-state index in [1.54, 1.807) is 6.08 Å². The lowest BCUT2D eigenvalue weighted by molar-refractivity contribution is -0.153. The number of nitrogens with one attached hydrogen (secondary N) is 1. The predicted molar refractivity (Wildman–Crippen MR) is 118 cm³/mol. The lowest BCUT2D eigenvalue weighted by Gasteiger charge is -2.32. The van der Waals surface area contributed by atoms with Gasteiger partial charge in [-0.1, -0.05) is 43.5 Å². The molecule has 0 aromatic heterocycles. The zero-order valence-corrected chi connectivity index (χ0v) is 18.3. The highest BCUT2D eigenvalue weighted by Gasteiger charge is 2.33. The van der Waals surface area contributed by atoms with Crippen molar-refractivity contribution in [2.24, 2.45) is 5.92 Å². The van der Waals surface area contributed by atoms with Crippen LogP contribution in [0.5, 0.6) is 0 Å². The average Bonchev–Trinajstić information content (AvgIpc) is 3.29. The number of esters is 2. The van der Waals surface area contributed by atoms with Crippen molar-refractivity contribution in [1.29, 1.82) is 0 Å². The molecule has 0 aliphatic heterocycles. The highest BCUT2D eigenvalue weighted by atomic mass is 16.5. The molecule has 1 N–H and O–H groups in total. The molecular formula is C25H35NO4. The first kappa shape index (κ1) is 22.5. The van der Waals surface area contributed by atoms with Gasteiger partial charge in [0.1, 0.15) is 12.1 Å². The Hall–Kier alpha value is -2.14. The fourth-order valence-electron chi connectivity index (χ4n) is 4.60. The first-order chi connectivity index (χ1) is 14.6. The largest absolute Gasteiger partial charge is 0.466 e. The van der Waals surface area contributed by atoms with Crippen molar-refractivity contribution in [1.82, 2.24) is 5.32 Å². The van der Waals surface area contributed by atoms with Crippen LogP contribution in [0.2, 0.25) is 0 Å². The Morgan fingerprint density at radius 3 is 2.27 bits per heavy atom. The Kier molecular flexibility index (Phi) is 8.50. The molecular weight excluding hydrogens is 378 g/mol. The maximum atomic E-state index is 13.1. The molecule has 3 rings (SSSR count). The van der Waals surface area contributed by atoms with E-state index in [9.17, 15) is 9.59 Å². The third kappa shape index (κ3) is 6.43. The van der Waals surface area contributed by atoms with Crippen LogP contribution < -0.4 is 5.32 Å². The van der Waals surface area contributed by atoms with Crippen molar-refractivity contribution >= 4 is 18.0 Å². The second-order valence-corrected chi connectivity index (χ2v) is 8.63. The second-order valence-electron chi connectivity index (χ2n) is 8.63. The van der Waals surface area contributed by atoms with E-state index >= 15 is 0 Å². The maximum absolute atomic E-state index is 13.1. The second kappa shape index (κ2) is 11.3. The fourth-order valence-corrected chi connectivity index (χ4v) is 4.60. The van der Waals surface area contributed by atoms with Gasteiger partial charge >= 0.3 is 11.9 Å². The van der Waals surface area contributed by atoms with Crippen LogP contribution in [-0.4, -0.2) is 31.2 Å². The molecule has 0 saturated heterocycles. The predicted octanol–water partition coefficient (Wildman–Crippen LogP) is 4.96. The van der Waals surface area contributed by atoms with E-state index in [1.165, 1.54) is 32.4 Å². The maximum Gasteiger partial charge on any atom is 0.330 e. The molecule has 5 nitrogen and oxygen atoms in total. The van der Waals surface area contributed by atoms with Crippen molar-refractivity contribution < 1.29 is 19.1 Å². The first-order valence-corrected chi connectivity index (χ1v) is 11.4. The third-order valence-electron chi connectivity index (χ3n) is 6.44. The SMILES string of the molecule is COC(=O)C=Cc1ccc(C(C)N[C@H](C(=O)OC2CCCC2)C2CCCCC2)cc1. The summed E-state index contributed by atoms with van der Waals surface area (Å²) in [6, 6.07) is 7.80. The molecule has 2 atom stereocenters. The van der Waals surface area contributed by atoms with Crippen molar-refractivity contribution in [3.05, 3.63) is 41.5 Å². The van der Waals surface area contributed by atoms with Crippen LogP contribution in [0.3, 0.4) is 0 Å². The molecule has 2 aliphatic rings. The summed E-state index contributed by atoms with van der Waals surface area (Å²) in [6.07, 6.45) is 13.4. The summed E-state index contributed by atoms with van der Waals surface area (Å²) in [4.78, 5) is 24.3. The average molecular weight is 414 g/mol. The molecule has 0 heterocycles. The third-order valence-corrected chi connectivity index (χ3v) is 6.44. The zero-order valence-electron chi connectivity index (χ0n) is 18.3. The molecule has 0 spiro atoms. The van der Waals surface area contributed by atoms with Crippen LogP contribution in [0.1, 0.15) is 81.9 Å². The van der Waals surface area contributed by atoms with E-state index in [2.05, 4.69) is 17.0 Å². The summed E-state index contributed by atoms with van der Waals surface area (Å²) in [6.45, 7) is 2.10. The molecule has 2 aliphatic carbocycles. The minimum atomic E-state index is -0.370. The molecule has 2 fully saturated rings. The highest BCUT2D eigenvalue weighted by molar-refractivity contribution is 5.86. The molecule has 1 aromatic carbocycles. The van der Waals surface area contributed by atoms with Crippen molar-refractivity contribution in [2.45, 2.75) is 82.9 Å². The molecule has 164 valence electrons. The monoisotopic (exact) mass is 413 g/mol. The number of benzene rings is 1. The van der Waals surface area contributed by atoms with Crippen LogP contribution >= 0.6 is 0 Å². The minimum Gasteiger partial charge on any atom is -0.466 e. The number of rotatable bonds is 8. The van der Waals surface area contributed by atoms with Crippen molar-refractivity contribution in [3.8, 4) is 0 Å². The van der Waals surface area contributed by atoms with Gasteiger partial charge in [-0.3, -0.25) is 10.1 Å². The number of carbonyl (C=O) groups excluding carboxylic acids is 2. The zero-order chi connectivity index (χ0) is 21.3. The van der Waals surface area contributed by atoms with Gasteiger partial charge in [-0.05, 0) is 68.6 Å². The van der Waals surface area contributed by atoms with Gasteiger partial charge in [0.2, 0.25) is 0 Å². The van der Waals surface area contributed by atoms with E-state index in [-0.39, 0.29) is 30.1 Å². The van der Waals surface area contributed by atoms with E-state index in [0.29, 0.717) is 5.92 Å². The van der Waals surface area contributed by atoms with Crippen molar-refractivity contribution in [3.63, 3.8) is 0 Å². The number of ether oxygens (including phenoxy) is 2. The van der Waals surface area contributed by atoms with E-state index < -0.39 is 0 Å². The van der Waals surface area contributed by atoms with Gasteiger partial charge in [-0.15, -0.1) is 0 Å². The summed E-state index contributed by atoms with van der Waals surface area (Å²) in [7, 11) is 1.36. The molecule has 0 radical (unpaired) electrons. The highest BCUT2D eigenvalue weighted by Crippen LogP contribution is 2.30. The summed E-state index contributed by atoms with van der Waals surface area (Å²) in [5.41, 5.74) is 2.04. The smallest absolute Gasteiger partial charge is 0.330 e. The van der Waals surface area contributed by atoms with Gasteiger partial charge in [-0.2, -0.15) is 0 Å². The molecule has 5 heteroatoms. The van der Waals surface area contributed by atoms with E-state index in [1.807, 2.05) is 24.3 Å². The number of methoxy groups -OCH3 is 1. The van der Waals surface area contributed by atoms with Crippen LogP contribution in [0.4, 0.5) is 0 Å². The Morgan fingerprint density at radius 2 is 1.63 bits per heavy atom. The standard InChI is InChI=1S/C25H35NO4/c1-18(20-15-12-19(13-16-20)14-17-23(27)29-2)26-24(21-8-4-3-5-9-21)25(28)30-22-10-6-7-11-22/h12-18,21-22,24,26H,3-11H2,1-2H3/t18?,24-/m0/s1. The lowest BCUT2D eigenvalue weighted by Crippen LogP contribution is -2.46.